The van der Waals surface area contributed by atoms with Gasteiger partial charge in [-0.1, -0.05) is 36.4 Å². The molecule has 2 aromatic carbocycles. The summed E-state index contributed by atoms with van der Waals surface area (Å²) in [5, 5.41) is 5.36. The second kappa shape index (κ2) is 5.68. The molecule has 1 N–H and O–H groups in total. The Morgan fingerprint density at radius 2 is 1.73 bits per heavy atom. The van der Waals surface area contributed by atoms with E-state index in [-0.39, 0.29) is 5.91 Å². The molecule has 3 heteroatoms. The van der Waals surface area contributed by atoms with E-state index in [9.17, 15) is 4.79 Å². The zero-order valence-electron chi connectivity index (χ0n) is 13.1. The van der Waals surface area contributed by atoms with Crippen molar-refractivity contribution in [1.82, 2.24) is 5.32 Å². The molecule has 112 valence electrons. The van der Waals surface area contributed by atoms with Gasteiger partial charge in [0.1, 0.15) is 11.5 Å². The average molecular weight is 293 g/mol. The molecule has 1 aromatic heterocycles. The van der Waals surface area contributed by atoms with E-state index in [4.69, 9.17) is 4.42 Å². The summed E-state index contributed by atoms with van der Waals surface area (Å²) in [6.07, 6.45) is 0. The summed E-state index contributed by atoms with van der Waals surface area (Å²) in [6, 6.07) is 14.4. The molecule has 0 unspecified atom stereocenters. The molecule has 0 aliphatic carbocycles. The second-order valence-electron chi connectivity index (χ2n) is 5.58. The van der Waals surface area contributed by atoms with Gasteiger partial charge in [-0.25, -0.2) is 0 Å². The van der Waals surface area contributed by atoms with Gasteiger partial charge in [0.2, 0.25) is 0 Å². The lowest BCUT2D eigenvalue weighted by molar-refractivity contribution is 0.0949. The second-order valence-corrected chi connectivity index (χ2v) is 5.58. The molecule has 1 heterocycles. The first-order valence-electron chi connectivity index (χ1n) is 7.38. The van der Waals surface area contributed by atoms with Crippen molar-refractivity contribution >= 4 is 16.7 Å². The zero-order valence-corrected chi connectivity index (χ0v) is 13.1. The number of rotatable bonds is 3. The maximum absolute atomic E-state index is 12.4. The van der Waals surface area contributed by atoms with Crippen molar-refractivity contribution in [1.29, 1.82) is 0 Å². The largest absolute Gasteiger partial charge is 0.466 e. The molecule has 0 saturated carbocycles. The summed E-state index contributed by atoms with van der Waals surface area (Å²) in [5.41, 5.74) is 2.65. The number of fused-ring (bicyclic) bond motifs is 1. The Hall–Kier alpha value is -2.55. The summed E-state index contributed by atoms with van der Waals surface area (Å²) in [6.45, 7) is 6.12. The number of amides is 1. The van der Waals surface area contributed by atoms with Gasteiger partial charge in [0.15, 0.2) is 0 Å². The molecule has 0 aliphatic heterocycles. The third kappa shape index (κ3) is 2.62. The highest BCUT2D eigenvalue weighted by Crippen LogP contribution is 2.21. The van der Waals surface area contributed by atoms with E-state index in [1.807, 2.05) is 39.0 Å². The highest BCUT2D eigenvalue weighted by Gasteiger charge is 2.18. The fourth-order valence-corrected chi connectivity index (χ4v) is 2.75. The van der Waals surface area contributed by atoms with Gasteiger partial charge in [-0.2, -0.15) is 0 Å². The number of hydrogen-bond acceptors (Lipinski definition) is 2. The number of carbonyl (C=O) groups is 1. The van der Waals surface area contributed by atoms with Crippen LogP contribution in [0.2, 0.25) is 0 Å². The Morgan fingerprint density at radius 3 is 2.41 bits per heavy atom. The predicted octanol–water partition coefficient (Wildman–Crippen LogP) is 4.29. The van der Waals surface area contributed by atoms with E-state index < -0.39 is 0 Å². The van der Waals surface area contributed by atoms with Crippen LogP contribution in [0.3, 0.4) is 0 Å². The summed E-state index contributed by atoms with van der Waals surface area (Å²) < 4.78 is 5.52. The molecule has 3 nitrogen and oxygen atoms in total. The van der Waals surface area contributed by atoms with E-state index in [0.717, 1.165) is 16.9 Å². The third-order valence-electron chi connectivity index (χ3n) is 4.06. The number of carbonyl (C=O) groups excluding carboxylic acids is 1. The summed E-state index contributed by atoms with van der Waals surface area (Å²) >= 11 is 0. The first-order chi connectivity index (χ1) is 10.6. The Labute approximate surface area is 130 Å². The monoisotopic (exact) mass is 293 g/mol. The fourth-order valence-electron chi connectivity index (χ4n) is 2.75. The van der Waals surface area contributed by atoms with Crippen molar-refractivity contribution in [3.63, 3.8) is 0 Å². The van der Waals surface area contributed by atoms with Gasteiger partial charge < -0.3 is 9.73 Å². The van der Waals surface area contributed by atoms with Gasteiger partial charge in [0.25, 0.3) is 5.91 Å². The normalized spacial score (nSPS) is 10.9. The minimum atomic E-state index is -0.0833. The molecule has 0 saturated heterocycles. The highest BCUT2D eigenvalue weighted by atomic mass is 16.3. The van der Waals surface area contributed by atoms with Crippen LogP contribution in [0.15, 0.2) is 46.9 Å². The van der Waals surface area contributed by atoms with E-state index in [0.29, 0.717) is 17.9 Å². The smallest absolute Gasteiger partial charge is 0.255 e. The number of furan rings is 1. The van der Waals surface area contributed by atoms with E-state index in [1.54, 1.807) is 0 Å². The van der Waals surface area contributed by atoms with Gasteiger partial charge in [0.05, 0.1) is 5.56 Å². The topological polar surface area (TPSA) is 42.2 Å². The highest BCUT2D eigenvalue weighted by molar-refractivity contribution is 5.96. The molecule has 0 spiro atoms. The van der Waals surface area contributed by atoms with Crippen LogP contribution in [0.25, 0.3) is 10.8 Å². The van der Waals surface area contributed by atoms with Gasteiger partial charge in [-0.15, -0.1) is 0 Å². The van der Waals surface area contributed by atoms with Gasteiger partial charge in [-0.3, -0.25) is 4.79 Å². The molecule has 0 fully saturated rings. The lowest BCUT2D eigenvalue weighted by Gasteiger charge is -2.07. The molecule has 3 aromatic rings. The lowest BCUT2D eigenvalue weighted by Crippen LogP contribution is -2.23. The Balaban J connectivity index is 1.77. The Morgan fingerprint density at radius 1 is 1.00 bits per heavy atom. The maximum atomic E-state index is 12.4. The van der Waals surface area contributed by atoms with Crippen molar-refractivity contribution in [2.45, 2.75) is 27.3 Å². The minimum Gasteiger partial charge on any atom is -0.466 e. The molecule has 3 rings (SSSR count). The fraction of sp³-hybridized carbons (Fsp3) is 0.211. The van der Waals surface area contributed by atoms with Crippen molar-refractivity contribution in [2.24, 2.45) is 0 Å². The number of nitrogens with one attached hydrogen (secondary N) is 1. The van der Waals surface area contributed by atoms with E-state index in [1.165, 1.54) is 10.8 Å². The predicted molar refractivity (Wildman–Crippen MR) is 88.0 cm³/mol. The van der Waals surface area contributed by atoms with Crippen LogP contribution >= 0.6 is 0 Å². The molecular formula is C19H19NO2. The standard InChI is InChI=1S/C19H19NO2/c1-12-13(2)22-14(3)18(12)19(21)20-11-15-8-9-16-6-4-5-7-17(16)10-15/h4-10H,11H2,1-3H3,(H,20,21). The Kier molecular flexibility index (Phi) is 3.72. The lowest BCUT2D eigenvalue weighted by atomic mass is 10.1. The first kappa shape index (κ1) is 14.4. The van der Waals surface area contributed by atoms with Gasteiger partial charge in [0, 0.05) is 12.1 Å². The average Bonchev–Trinajstić information content (AvgIpc) is 2.77. The first-order valence-corrected chi connectivity index (χ1v) is 7.38. The van der Waals surface area contributed by atoms with Crippen LogP contribution in [0, 0.1) is 20.8 Å². The molecule has 0 bridgehead atoms. The van der Waals surface area contributed by atoms with Gasteiger partial charge >= 0.3 is 0 Å². The van der Waals surface area contributed by atoms with Crippen molar-refractivity contribution in [2.75, 3.05) is 0 Å². The van der Waals surface area contributed by atoms with Crippen molar-refractivity contribution in [3.05, 3.63) is 70.7 Å². The minimum absolute atomic E-state index is 0.0833. The molecule has 1 amide bonds. The van der Waals surface area contributed by atoms with Crippen LogP contribution in [-0.4, -0.2) is 5.91 Å². The SMILES string of the molecule is Cc1oc(C)c(C(=O)NCc2ccc3ccccc3c2)c1C. The summed E-state index contributed by atoms with van der Waals surface area (Å²) in [7, 11) is 0. The third-order valence-corrected chi connectivity index (χ3v) is 4.06. The number of benzene rings is 2. The molecule has 0 aliphatic rings. The molecular weight excluding hydrogens is 274 g/mol. The van der Waals surface area contributed by atoms with Crippen LogP contribution in [0.4, 0.5) is 0 Å². The van der Waals surface area contributed by atoms with E-state index >= 15 is 0 Å². The number of aryl methyl sites for hydroxylation is 2. The van der Waals surface area contributed by atoms with Crippen molar-refractivity contribution in [3.8, 4) is 0 Å². The van der Waals surface area contributed by atoms with E-state index in [2.05, 4.69) is 29.6 Å². The summed E-state index contributed by atoms with van der Waals surface area (Å²) in [4.78, 5) is 12.4. The summed E-state index contributed by atoms with van der Waals surface area (Å²) in [5.74, 6) is 1.39. The van der Waals surface area contributed by atoms with Gasteiger partial charge in [-0.05, 0) is 43.2 Å². The van der Waals surface area contributed by atoms with Crippen LogP contribution in [0.5, 0.6) is 0 Å². The number of hydrogen-bond donors (Lipinski definition) is 1. The zero-order chi connectivity index (χ0) is 15.7. The maximum Gasteiger partial charge on any atom is 0.255 e. The Bertz CT molecular complexity index is 846. The van der Waals surface area contributed by atoms with Crippen LogP contribution in [0.1, 0.15) is 33.0 Å². The molecule has 22 heavy (non-hydrogen) atoms. The van der Waals surface area contributed by atoms with Crippen LogP contribution in [-0.2, 0) is 6.54 Å². The molecule has 0 radical (unpaired) electrons. The van der Waals surface area contributed by atoms with Crippen molar-refractivity contribution < 1.29 is 9.21 Å². The molecule has 0 atom stereocenters. The quantitative estimate of drug-likeness (QED) is 0.782. The van der Waals surface area contributed by atoms with Crippen LogP contribution < -0.4 is 5.32 Å².